The predicted octanol–water partition coefficient (Wildman–Crippen LogP) is 6.00. The highest BCUT2D eigenvalue weighted by atomic mass is 32.1. The van der Waals surface area contributed by atoms with Crippen LogP contribution in [0.2, 0.25) is 0 Å². The number of carbonyl (C=O) groups is 3. The lowest BCUT2D eigenvalue weighted by Gasteiger charge is -2.23. The maximum Gasteiger partial charge on any atom is 0.350 e. The van der Waals surface area contributed by atoms with E-state index in [1.165, 1.54) is 11.0 Å². The largest absolute Gasteiger partial charge is 0.507 e. The highest BCUT2D eigenvalue weighted by Crippen LogP contribution is 2.44. The third-order valence-electron chi connectivity index (χ3n) is 6.33. The summed E-state index contributed by atoms with van der Waals surface area (Å²) in [7, 11) is 0. The summed E-state index contributed by atoms with van der Waals surface area (Å²) in [5.41, 5.74) is 1.13. The van der Waals surface area contributed by atoms with Crippen LogP contribution in [0.15, 0.2) is 66.8 Å². The molecule has 214 valence electrons. The van der Waals surface area contributed by atoms with Gasteiger partial charge in [0.25, 0.3) is 5.78 Å². The summed E-state index contributed by atoms with van der Waals surface area (Å²) in [5.74, 6) is -1.55. The second kappa shape index (κ2) is 13.3. The summed E-state index contributed by atoms with van der Waals surface area (Å²) in [6.07, 6.45) is 3.29. The molecule has 9 nitrogen and oxygen atoms in total. The Morgan fingerprint density at radius 1 is 1.12 bits per heavy atom. The average Bonchev–Trinajstić information content (AvgIpc) is 3.48. The van der Waals surface area contributed by atoms with Crippen LogP contribution < -0.4 is 14.4 Å². The Morgan fingerprint density at radius 3 is 2.56 bits per heavy atom. The normalized spacial score (nSPS) is 16.1. The molecule has 2 aromatic carbocycles. The van der Waals surface area contributed by atoms with Crippen LogP contribution in [0, 0.1) is 6.92 Å². The highest BCUT2D eigenvalue weighted by Gasteiger charge is 2.48. The molecule has 1 amide bonds. The third kappa shape index (κ3) is 6.33. The third-order valence-corrected chi connectivity index (χ3v) is 7.47. The van der Waals surface area contributed by atoms with E-state index in [0.717, 1.165) is 24.2 Å². The van der Waals surface area contributed by atoms with E-state index >= 15 is 0 Å². The smallest absolute Gasteiger partial charge is 0.350 e. The number of benzene rings is 2. The van der Waals surface area contributed by atoms with Crippen molar-refractivity contribution >= 4 is 39.9 Å². The Kier molecular flexibility index (Phi) is 9.57. The van der Waals surface area contributed by atoms with Crippen molar-refractivity contribution in [2.75, 3.05) is 24.7 Å². The molecule has 1 aliphatic rings. The molecule has 1 aromatic heterocycles. The minimum absolute atomic E-state index is 0.0173. The minimum atomic E-state index is -1.02. The first-order valence-corrected chi connectivity index (χ1v) is 14.1. The number of ketones is 1. The number of hydrogen-bond acceptors (Lipinski definition) is 9. The number of nitrogens with zero attached hydrogens (tertiary/aromatic N) is 2. The Bertz CT molecular complexity index is 1480. The zero-order valence-electron chi connectivity index (χ0n) is 23.2. The predicted molar refractivity (Wildman–Crippen MR) is 157 cm³/mol. The summed E-state index contributed by atoms with van der Waals surface area (Å²) in [6.45, 7) is 10.1. The molecule has 3 aromatic rings. The van der Waals surface area contributed by atoms with Crippen molar-refractivity contribution in [3.05, 3.63) is 88.5 Å². The van der Waals surface area contributed by atoms with Crippen molar-refractivity contribution in [1.29, 1.82) is 0 Å². The first-order chi connectivity index (χ1) is 19.8. The number of Topliss-reactive ketones (excluding diaryl/α,β-unsaturated/α-hetero) is 1. The fraction of sp³-hybridized carbons (Fsp3) is 0.290. The van der Waals surface area contributed by atoms with Crippen LogP contribution in [0.5, 0.6) is 11.5 Å². The van der Waals surface area contributed by atoms with Gasteiger partial charge >= 0.3 is 11.9 Å². The number of ether oxygens (including phenoxy) is 3. The van der Waals surface area contributed by atoms with Crippen LogP contribution in [0.1, 0.15) is 59.2 Å². The summed E-state index contributed by atoms with van der Waals surface area (Å²) in [5, 5.41) is 11.6. The summed E-state index contributed by atoms with van der Waals surface area (Å²) in [4.78, 5) is 45.5. The molecule has 41 heavy (non-hydrogen) atoms. The van der Waals surface area contributed by atoms with E-state index in [1.807, 2.05) is 6.92 Å². The van der Waals surface area contributed by atoms with Crippen LogP contribution in [-0.2, 0) is 14.3 Å². The van der Waals surface area contributed by atoms with Crippen molar-refractivity contribution in [3.8, 4) is 11.5 Å². The number of anilines is 1. The number of unbranched alkanes of at least 4 members (excludes halogenated alkanes) is 1. The number of aryl methyl sites for hydroxylation is 1. The standard InChI is InChI=1S/C31H32N2O7S/c1-5-8-17-39-23-11-9-10-21(18-23)26(34)24-25(20-12-14-22(15-13-20)38-7-3)33(29(36)27(24)35)31-32-19(4)28(41-31)30(37)40-16-6-2/h6,9-15,18,25,34H,2,5,7-8,16-17H2,1,3-4H3. The lowest BCUT2D eigenvalue weighted by atomic mass is 9.95. The van der Waals surface area contributed by atoms with E-state index in [9.17, 15) is 19.5 Å². The molecule has 10 heteroatoms. The molecule has 2 heterocycles. The van der Waals surface area contributed by atoms with Gasteiger partial charge in [0.15, 0.2) is 5.13 Å². The van der Waals surface area contributed by atoms with Crippen LogP contribution in [-0.4, -0.2) is 47.6 Å². The molecule has 1 unspecified atom stereocenters. The second-order valence-electron chi connectivity index (χ2n) is 9.20. The monoisotopic (exact) mass is 576 g/mol. The molecule has 0 spiro atoms. The van der Waals surface area contributed by atoms with Gasteiger partial charge in [-0.05, 0) is 50.1 Å². The van der Waals surface area contributed by atoms with Crippen molar-refractivity contribution in [1.82, 2.24) is 4.98 Å². The van der Waals surface area contributed by atoms with Gasteiger partial charge in [0.2, 0.25) is 0 Å². The molecule has 4 rings (SSSR count). The molecule has 1 N–H and O–H groups in total. The SMILES string of the molecule is C=CCOC(=O)c1sc(N2C(=O)C(=O)C(=C(O)c3cccc(OCCCC)c3)C2c2ccc(OCC)cc2)nc1C. The molecule has 1 atom stereocenters. The van der Waals surface area contributed by atoms with E-state index in [1.54, 1.807) is 55.5 Å². The van der Waals surface area contributed by atoms with Gasteiger partial charge < -0.3 is 19.3 Å². The number of carbonyl (C=O) groups excluding carboxylic acids is 3. The van der Waals surface area contributed by atoms with Crippen LogP contribution in [0.4, 0.5) is 5.13 Å². The number of hydrogen-bond donors (Lipinski definition) is 1. The van der Waals surface area contributed by atoms with E-state index in [-0.39, 0.29) is 27.9 Å². The van der Waals surface area contributed by atoms with E-state index < -0.39 is 23.7 Å². The average molecular weight is 577 g/mol. The van der Waals surface area contributed by atoms with Gasteiger partial charge in [0.05, 0.1) is 30.5 Å². The Hall–Kier alpha value is -4.44. The maximum atomic E-state index is 13.5. The first kappa shape index (κ1) is 29.5. The summed E-state index contributed by atoms with van der Waals surface area (Å²) >= 11 is 0.938. The van der Waals surface area contributed by atoms with Crippen molar-refractivity contribution in [2.45, 2.75) is 39.7 Å². The van der Waals surface area contributed by atoms with Crippen molar-refractivity contribution in [3.63, 3.8) is 0 Å². The first-order valence-electron chi connectivity index (χ1n) is 13.3. The minimum Gasteiger partial charge on any atom is -0.507 e. The molecule has 0 aliphatic carbocycles. The molecule has 1 fully saturated rings. The van der Waals surface area contributed by atoms with E-state index in [0.29, 0.717) is 41.5 Å². The lowest BCUT2D eigenvalue weighted by Crippen LogP contribution is -2.29. The number of rotatable bonds is 12. The Balaban J connectivity index is 1.83. The molecule has 0 radical (unpaired) electrons. The van der Waals surface area contributed by atoms with Gasteiger partial charge in [-0.3, -0.25) is 14.5 Å². The van der Waals surface area contributed by atoms with Crippen LogP contribution >= 0.6 is 11.3 Å². The second-order valence-corrected chi connectivity index (χ2v) is 10.2. The molecule has 1 aliphatic heterocycles. The maximum absolute atomic E-state index is 13.5. The van der Waals surface area contributed by atoms with Gasteiger partial charge in [-0.1, -0.05) is 61.6 Å². The van der Waals surface area contributed by atoms with E-state index in [4.69, 9.17) is 14.2 Å². The fourth-order valence-corrected chi connectivity index (χ4v) is 5.34. The van der Waals surface area contributed by atoms with Gasteiger partial charge in [0, 0.05) is 5.56 Å². The molecular weight excluding hydrogens is 544 g/mol. The number of thiazole rings is 1. The fourth-order valence-electron chi connectivity index (χ4n) is 4.36. The van der Waals surface area contributed by atoms with Crippen LogP contribution in [0.25, 0.3) is 5.76 Å². The lowest BCUT2D eigenvalue weighted by molar-refractivity contribution is -0.132. The molecule has 1 saturated heterocycles. The topological polar surface area (TPSA) is 115 Å². The summed E-state index contributed by atoms with van der Waals surface area (Å²) < 4.78 is 16.5. The van der Waals surface area contributed by atoms with Gasteiger partial charge in [-0.15, -0.1) is 0 Å². The van der Waals surface area contributed by atoms with Gasteiger partial charge in [-0.2, -0.15) is 0 Å². The quantitative estimate of drug-likeness (QED) is 0.0697. The molecular formula is C31H32N2O7S. The molecule has 0 saturated carbocycles. The van der Waals surface area contributed by atoms with Crippen molar-refractivity contribution < 1.29 is 33.7 Å². The number of aliphatic hydroxyl groups excluding tert-OH is 1. The highest BCUT2D eigenvalue weighted by molar-refractivity contribution is 7.17. The Morgan fingerprint density at radius 2 is 1.88 bits per heavy atom. The van der Waals surface area contributed by atoms with Gasteiger partial charge in [-0.25, -0.2) is 9.78 Å². The van der Waals surface area contributed by atoms with Crippen molar-refractivity contribution in [2.24, 2.45) is 0 Å². The zero-order chi connectivity index (χ0) is 29.5. The number of esters is 1. The number of aromatic nitrogens is 1. The summed E-state index contributed by atoms with van der Waals surface area (Å²) in [6, 6.07) is 12.7. The number of aliphatic hydroxyl groups is 1. The number of amides is 1. The van der Waals surface area contributed by atoms with Crippen LogP contribution in [0.3, 0.4) is 0 Å². The van der Waals surface area contributed by atoms with E-state index in [2.05, 4.69) is 18.5 Å². The van der Waals surface area contributed by atoms with Gasteiger partial charge in [0.1, 0.15) is 28.7 Å². The molecule has 0 bridgehead atoms. The Labute approximate surface area is 242 Å². The zero-order valence-corrected chi connectivity index (χ0v) is 24.0.